The first kappa shape index (κ1) is 13.5. The van der Waals surface area contributed by atoms with Crippen LogP contribution < -0.4 is 10.5 Å². The van der Waals surface area contributed by atoms with Crippen molar-refractivity contribution in [3.05, 3.63) is 41.5 Å². The van der Waals surface area contributed by atoms with Gasteiger partial charge in [-0.15, -0.1) is 0 Å². The number of aromatic nitrogens is 2. The van der Waals surface area contributed by atoms with Gasteiger partial charge in [-0.3, -0.25) is 0 Å². The van der Waals surface area contributed by atoms with Crippen molar-refractivity contribution in [2.75, 3.05) is 13.7 Å². The fourth-order valence-electron chi connectivity index (χ4n) is 1.65. The molecule has 0 amide bonds. The molecule has 0 atom stereocenters. The van der Waals surface area contributed by atoms with Gasteiger partial charge >= 0.3 is 0 Å². The van der Waals surface area contributed by atoms with E-state index >= 15 is 0 Å². The van der Waals surface area contributed by atoms with Crippen LogP contribution in [0.15, 0.2) is 28.8 Å². The molecule has 2 aromatic rings. The van der Waals surface area contributed by atoms with Crippen LogP contribution in [0.5, 0.6) is 5.75 Å². The molecular weight excluding hydrogens is 242 g/mol. The van der Waals surface area contributed by atoms with Crippen molar-refractivity contribution < 1.29 is 9.26 Å². The number of nitrogens with two attached hydrogens (primary N) is 1. The van der Waals surface area contributed by atoms with Gasteiger partial charge in [-0.05, 0) is 31.5 Å². The zero-order valence-corrected chi connectivity index (χ0v) is 11.5. The summed E-state index contributed by atoms with van der Waals surface area (Å²) in [6, 6.07) is 7.82. The van der Waals surface area contributed by atoms with E-state index in [2.05, 4.69) is 10.1 Å². The van der Waals surface area contributed by atoms with Crippen LogP contribution in [-0.4, -0.2) is 23.8 Å². The molecule has 0 aliphatic carbocycles. The van der Waals surface area contributed by atoms with E-state index in [1.807, 2.05) is 38.1 Å². The number of methoxy groups -OCH3 is 1. The summed E-state index contributed by atoms with van der Waals surface area (Å²) >= 11 is 0. The summed E-state index contributed by atoms with van der Waals surface area (Å²) in [5.74, 6) is 2.06. The fraction of sp³-hybridized carbons (Fsp3) is 0.429. The normalized spacial score (nSPS) is 11.6. The maximum absolute atomic E-state index is 5.69. The molecule has 0 fully saturated rings. The standard InChI is InChI=1S/C14H19N3O2/c1-14(2,9-15)13-16-12(17-19-13)8-10-5-4-6-11(7-10)18-3/h4-7H,8-9,15H2,1-3H3. The molecule has 0 aliphatic rings. The second kappa shape index (κ2) is 5.40. The summed E-state index contributed by atoms with van der Waals surface area (Å²) in [6.07, 6.45) is 0.612. The van der Waals surface area contributed by atoms with Crippen LogP contribution in [0.2, 0.25) is 0 Å². The molecule has 19 heavy (non-hydrogen) atoms. The molecule has 5 heteroatoms. The highest BCUT2D eigenvalue weighted by Crippen LogP contribution is 2.21. The average molecular weight is 261 g/mol. The van der Waals surface area contributed by atoms with Crippen molar-refractivity contribution in [2.45, 2.75) is 25.7 Å². The van der Waals surface area contributed by atoms with Gasteiger partial charge in [-0.25, -0.2) is 0 Å². The van der Waals surface area contributed by atoms with Gasteiger partial charge in [0.15, 0.2) is 5.82 Å². The smallest absolute Gasteiger partial charge is 0.233 e. The number of hydrogen-bond donors (Lipinski definition) is 1. The first-order chi connectivity index (χ1) is 9.05. The van der Waals surface area contributed by atoms with Crippen molar-refractivity contribution >= 4 is 0 Å². The van der Waals surface area contributed by atoms with Gasteiger partial charge < -0.3 is 15.0 Å². The minimum atomic E-state index is -0.292. The fourth-order valence-corrected chi connectivity index (χ4v) is 1.65. The quantitative estimate of drug-likeness (QED) is 0.889. The molecule has 0 saturated heterocycles. The van der Waals surface area contributed by atoms with Crippen LogP contribution in [0.3, 0.4) is 0 Å². The maximum Gasteiger partial charge on any atom is 0.233 e. The zero-order chi connectivity index (χ0) is 13.9. The van der Waals surface area contributed by atoms with Crippen LogP contribution >= 0.6 is 0 Å². The minimum absolute atomic E-state index is 0.292. The Hall–Kier alpha value is -1.88. The molecule has 0 unspecified atom stereocenters. The molecule has 0 spiro atoms. The summed E-state index contributed by atoms with van der Waals surface area (Å²) in [7, 11) is 1.65. The monoisotopic (exact) mass is 261 g/mol. The summed E-state index contributed by atoms with van der Waals surface area (Å²) in [5, 5.41) is 4.00. The lowest BCUT2D eigenvalue weighted by Crippen LogP contribution is -2.28. The van der Waals surface area contributed by atoms with Crippen molar-refractivity contribution in [1.82, 2.24) is 10.1 Å². The number of nitrogens with zero attached hydrogens (tertiary/aromatic N) is 2. The van der Waals surface area contributed by atoms with Crippen molar-refractivity contribution in [2.24, 2.45) is 5.73 Å². The Morgan fingerprint density at radius 3 is 2.84 bits per heavy atom. The summed E-state index contributed by atoms with van der Waals surface area (Å²) in [4.78, 5) is 4.40. The average Bonchev–Trinajstić information content (AvgIpc) is 2.88. The molecule has 102 valence electrons. The van der Waals surface area contributed by atoms with Gasteiger partial charge in [-0.1, -0.05) is 17.3 Å². The third kappa shape index (κ3) is 3.12. The largest absolute Gasteiger partial charge is 0.497 e. The van der Waals surface area contributed by atoms with Crippen LogP contribution in [0.1, 0.15) is 31.1 Å². The predicted molar refractivity (Wildman–Crippen MR) is 72.2 cm³/mol. The van der Waals surface area contributed by atoms with E-state index in [1.165, 1.54) is 0 Å². The van der Waals surface area contributed by atoms with Gasteiger partial charge in [0.1, 0.15) is 5.75 Å². The Labute approximate surface area is 112 Å². The van der Waals surface area contributed by atoms with E-state index in [4.69, 9.17) is 15.0 Å². The first-order valence-corrected chi connectivity index (χ1v) is 6.21. The van der Waals surface area contributed by atoms with E-state index in [-0.39, 0.29) is 5.41 Å². The van der Waals surface area contributed by atoms with Crippen LogP contribution in [0.25, 0.3) is 0 Å². The number of benzene rings is 1. The summed E-state index contributed by atoms with van der Waals surface area (Å²) in [5.41, 5.74) is 6.48. The van der Waals surface area contributed by atoms with E-state index in [9.17, 15) is 0 Å². The topological polar surface area (TPSA) is 74.2 Å². The lowest BCUT2D eigenvalue weighted by molar-refractivity contribution is 0.309. The van der Waals surface area contributed by atoms with Gasteiger partial charge in [0, 0.05) is 13.0 Å². The molecule has 5 nitrogen and oxygen atoms in total. The second-order valence-corrected chi connectivity index (χ2v) is 5.13. The van der Waals surface area contributed by atoms with Gasteiger partial charge in [0.05, 0.1) is 12.5 Å². The molecule has 1 aromatic heterocycles. The molecule has 0 saturated carbocycles. The Balaban J connectivity index is 2.15. The van der Waals surface area contributed by atoms with Crippen LogP contribution in [0, 0.1) is 0 Å². The predicted octanol–water partition coefficient (Wildman–Crippen LogP) is 1.91. The first-order valence-electron chi connectivity index (χ1n) is 6.21. The van der Waals surface area contributed by atoms with E-state index in [0.29, 0.717) is 24.7 Å². The lowest BCUT2D eigenvalue weighted by atomic mass is 9.94. The molecule has 2 rings (SSSR count). The molecule has 0 bridgehead atoms. The third-order valence-electron chi connectivity index (χ3n) is 3.05. The van der Waals surface area contributed by atoms with Crippen molar-refractivity contribution in [3.63, 3.8) is 0 Å². The number of ether oxygens (including phenoxy) is 1. The lowest BCUT2D eigenvalue weighted by Gasteiger charge is -2.15. The summed E-state index contributed by atoms with van der Waals surface area (Å²) < 4.78 is 10.5. The second-order valence-electron chi connectivity index (χ2n) is 5.13. The molecular formula is C14H19N3O2. The van der Waals surface area contributed by atoms with Gasteiger partial charge in [0.2, 0.25) is 5.89 Å². The van der Waals surface area contributed by atoms with Gasteiger partial charge in [0.25, 0.3) is 0 Å². The number of hydrogen-bond acceptors (Lipinski definition) is 5. The third-order valence-corrected chi connectivity index (χ3v) is 3.05. The highest BCUT2D eigenvalue weighted by molar-refractivity contribution is 5.30. The SMILES string of the molecule is COc1cccc(Cc2noc(C(C)(C)CN)n2)c1. The minimum Gasteiger partial charge on any atom is -0.497 e. The highest BCUT2D eigenvalue weighted by Gasteiger charge is 2.25. The van der Waals surface area contributed by atoms with E-state index < -0.39 is 0 Å². The molecule has 1 heterocycles. The van der Waals surface area contributed by atoms with Crippen LogP contribution in [0.4, 0.5) is 0 Å². The molecule has 1 aromatic carbocycles. The highest BCUT2D eigenvalue weighted by atomic mass is 16.5. The molecule has 0 aliphatic heterocycles. The molecule has 0 radical (unpaired) electrons. The maximum atomic E-state index is 5.69. The van der Waals surface area contributed by atoms with Gasteiger partial charge in [-0.2, -0.15) is 4.98 Å². The van der Waals surface area contributed by atoms with Crippen LogP contribution in [-0.2, 0) is 11.8 Å². The number of rotatable bonds is 5. The molecule has 2 N–H and O–H groups in total. The van der Waals surface area contributed by atoms with Crippen molar-refractivity contribution in [1.29, 1.82) is 0 Å². The Morgan fingerprint density at radius 2 is 2.16 bits per heavy atom. The van der Waals surface area contributed by atoms with Crippen molar-refractivity contribution in [3.8, 4) is 5.75 Å². The van der Waals surface area contributed by atoms with E-state index in [0.717, 1.165) is 11.3 Å². The zero-order valence-electron chi connectivity index (χ0n) is 11.5. The van der Waals surface area contributed by atoms with E-state index in [1.54, 1.807) is 7.11 Å². The summed E-state index contributed by atoms with van der Waals surface area (Å²) in [6.45, 7) is 4.43. The Morgan fingerprint density at radius 1 is 1.37 bits per heavy atom. The Bertz CT molecular complexity index is 549. The Kier molecular flexibility index (Phi) is 3.85.